The molecular formula is C17H16N2O2. The van der Waals surface area contributed by atoms with E-state index in [4.69, 9.17) is 4.74 Å². The molecule has 1 aromatic carbocycles. The van der Waals surface area contributed by atoms with Crippen molar-refractivity contribution in [1.82, 2.24) is 9.38 Å². The number of hydrogen-bond acceptors (Lipinski definition) is 3. The van der Waals surface area contributed by atoms with E-state index < -0.39 is 0 Å². The molecular weight excluding hydrogens is 264 g/mol. The summed E-state index contributed by atoms with van der Waals surface area (Å²) in [5, 5.41) is 0. The van der Waals surface area contributed by atoms with Gasteiger partial charge in [0.25, 0.3) is 0 Å². The number of aldehydes is 1. The van der Waals surface area contributed by atoms with Crippen LogP contribution in [-0.2, 0) is 6.42 Å². The molecule has 0 aliphatic heterocycles. The number of para-hydroxylation sites is 1. The van der Waals surface area contributed by atoms with Crippen LogP contribution in [0.15, 0.2) is 54.7 Å². The van der Waals surface area contributed by atoms with E-state index in [1.807, 2.05) is 59.1 Å². The molecule has 0 amide bonds. The fourth-order valence-corrected chi connectivity index (χ4v) is 2.33. The first-order valence-corrected chi connectivity index (χ1v) is 6.97. The molecule has 3 rings (SSSR count). The topological polar surface area (TPSA) is 43.6 Å². The quantitative estimate of drug-likeness (QED) is 0.514. The summed E-state index contributed by atoms with van der Waals surface area (Å²) in [6.07, 6.45) is 4.36. The van der Waals surface area contributed by atoms with Gasteiger partial charge in [0.15, 0.2) is 6.29 Å². The fraction of sp³-hybridized carbons (Fsp3) is 0.176. The number of aromatic nitrogens is 2. The molecule has 4 nitrogen and oxygen atoms in total. The highest BCUT2D eigenvalue weighted by molar-refractivity contribution is 5.83. The molecule has 2 heterocycles. The van der Waals surface area contributed by atoms with Crippen LogP contribution in [0.3, 0.4) is 0 Å². The third-order valence-electron chi connectivity index (χ3n) is 3.32. The van der Waals surface area contributed by atoms with Crippen LogP contribution in [0.25, 0.3) is 5.52 Å². The number of carbonyl (C=O) groups is 1. The molecule has 0 N–H and O–H groups in total. The second-order valence-electron chi connectivity index (χ2n) is 4.75. The maximum Gasteiger partial charge on any atom is 0.170 e. The number of aryl methyl sites for hydroxylation is 1. The molecule has 0 radical (unpaired) electrons. The molecule has 0 fully saturated rings. The van der Waals surface area contributed by atoms with Crippen molar-refractivity contribution in [2.24, 2.45) is 0 Å². The van der Waals surface area contributed by atoms with Crippen LogP contribution in [0.1, 0.15) is 22.7 Å². The number of ether oxygens (including phenoxy) is 1. The van der Waals surface area contributed by atoms with Crippen molar-refractivity contribution >= 4 is 11.8 Å². The number of fused-ring (bicyclic) bond motifs is 1. The molecule has 0 spiro atoms. The second-order valence-corrected chi connectivity index (χ2v) is 4.75. The van der Waals surface area contributed by atoms with Crippen molar-refractivity contribution in [3.05, 3.63) is 66.2 Å². The number of rotatable bonds is 6. The van der Waals surface area contributed by atoms with Gasteiger partial charge in [0.05, 0.1) is 12.1 Å². The van der Waals surface area contributed by atoms with Crippen LogP contribution in [0.4, 0.5) is 0 Å². The number of pyridine rings is 1. The van der Waals surface area contributed by atoms with Gasteiger partial charge in [0.1, 0.15) is 17.3 Å². The molecule has 3 aromatic rings. The van der Waals surface area contributed by atoms with Gasteiger partial charge in [-0.3, -0.25) is 4.79 Å². The summed E-state index contributed by atoms with van der Waals surface area (Å²) < 4.78 is 7.63. The summed E-state index contributed by atoms with van der Waals surface area (Å²) in [5.74, 6) is 1.77. The summed E-state index contributed by atoms with van der Waals surface area (Å²) in [6.45, 7) is 0.627. The van der Waals surface area contributed by atoms with Gasteiger partial charge < -0.3 is 9.14 Å². The van der Waals surface area contributed by atoms with E-state index >= 15 is 0 Å². The van der Waals surface area contributed by atoms with E-state index in [9.17, 15) is 4.79 Å². The minimum atomic E-state index is 0.495. The summed E-state index contributed by atoms with van der Waals surface area (Å²) in [4.78, 5) is 15.4. The number of benzene rings is 1. The lowest BCUT2D eigenvalue weighted by Gasteiger charge is -2.05. The lowest BCUT2D eigenvalue weighted by atomic mass is 10.3. The van der Waals surface area contributed by atoms with Crippen LogP contribution in [0.2, 0.25) is 0 Å². The van der Waals surface area contributed by atoms with Crippen LogP contribution >= 0.6 is 0 Å². The maximum absolute atomic E-state index is 11.0. The second kappa shape index (κ2) is 6.22. The zero-order valence-electron chi connectivity index (χ0n) is 11.6. The van der Waals surface area contributed by atoms with Gasteiger partial charge in [0.2, 0.25) is 0 Å². The van der Waals surface area contributed by atoms with Gasteiger partial charge in [-0.25, -0.2) is 4.98 Å². The van der Waals surface area contributed by atoms with E-state index in [0.29, 0.717) is 12.3 Å². The van der Waals surface area contributed by atoms with E-state index in [2.05, 4.69) is 4.98 Å². The number of carbonyl (C=O) groups excluding carboxylic acids is 1. The molecule has 0 atom stereocenters. The van der Waals surface area contributed by atoms with Crippen molar-refractivity contribution in [3.8, 4) is 5.75 Å². The molecule has 0 saturated carbocycles. The Labute approximate surface area is 123 Å². The van der Waals surface area contributed by atoms with Gasteiger partial charge in [0, 0.05) is 12.6 Å². The van der Waals surface area contributed by atoms with Crippen LogP contribution < -0.4 is 4.74 Å². The van der Waals surface area contributed by atoms with Crippen molar-refractivity contribution in [2.45, 2.75) is 12.8 Å². The Balaban J connectivity index is 1.64. The molecule has 0 saturated heterocycles. The minimum Gasteiger partial charge on any atom is -0.494 e. The molecule has 0 bridgehead atoms. The van der Waals surface area contributed by atoms with Gasteiger partial charge >= 0.3 is 0 Å². The van der Waals surface area contributed by atoms with Crippen LogP contribution in [-0.4, -0.2) is 22.3 Å². The molecule has 0 aliphatic rings. The summed E-state index contributed by atoms with van der Waals surface area (Å²) in [7, 11) is 0. The van der Waals surface area contributed by atoms with E-state index in [1.54, 1.807) is 0 Å². The summed E-state index contributed by atoms with van der Waals surface area (Å²) >= 11 is 0. The predicted molar refractivity (Wildman–Crippen MR) is 80.8 cm³/mol. The Morgan fingerprint density at radius 2 is 1.90 bits per heavy atom. The Kier molecular flexibility index (Phi) is 3.96. The average molecular weight is 280 g/mol. The maximum atomic E-state index is 11.0. The van der Waals surface area contributed by atoms with Crippen molar-refractivity contribution in [1.29, 1.82) is 0 Å². The molecule has 0 aliphatic carbocycles. The van der Waals surface area contributed by atoms with Crippen molar-refractivity contribution in [3.63, 3.8) is 0 Å². The summed E-state index contributed by atoms with van der Waals surface area (Å²) in [5.41, 5.74) is 1.35. The first kappa shape index (κ1) is 13.4. The molecule has 106 valence electrons. The van der Waals surface area contributed by atoms with Crippen molar-refractivity contribution in [2.75, 3.05) is 6.61 Å². The average Bonchev–Trinajstić information content (AvgIpc) is 2.91. The minimum absolute atomic E-state index is 0.495. The highest BCUT2D eigenvalue weighted by Crippen LogP contribution is 2.13. The third kappa shape index (κ3) is 2.94. The molecule has 0 unspecified atom stereocenters. The predicted octanol–water partition coefficient (Wildman–Crippen LogP) is 3.16. The number of nitrogens with zero attached hydrogens (tertiary/aromatic N) is 2. The van der Waals surface area contributed by atoms with E-state index in [0.717, 1.165) is 36.2 Å². The SMILES string of the molecule is O=Cc1nc(CCCOc2ccccc2)n2ccccc12. The Bertz CT molecular complexity index is 735. The fourth-order valence-electron chi connectivity index (χ4n) is 2.33. The number of hydrogen-bond donors (Lipinski definition) is 0. The first-order chi connectivity index (χ1) is 10.4. The number of imidazole rings is 1. The highest BCUT2D eigenvalue weighted by Gasteiger charge is 2.09. The molecule has 4 heteroatoms. The molecule has 2 aromatic heterocycles. The van der Waals surface area contributed by atoms with Gasteiger partial charge in [-0.2, -0.15) is 0 Å². The third-order valence-corrected chi connectivity index (χ3v) is 3.32. The van der Waals surface area contributed by atoms with Gasteiger partial charge in [-0.05, 0) is 30.7 Å². The Hall–Kier alpha value is -2.62. The monoisotopic (exact) mass is 280 g/mol. The highest BCUT2D eigenvalue weighted by atomic mass is 16.5. The zero-order valence-corrected chi connectivity index (χ0v) is 11.6. The van der Waals surface area contributed by atoms with E-state index in [-0.39, 0.29) is 0 Å². The smallest absolute Gasteiger partial charge is 0.170 e. The first-order valence-electron chi connectivity index (χ1n) is 6.97. The van der Waals surface area contributed by atoms with Gasteiger partial charge in [-0.15, -0.1) is 0 Å². The van der Waals surface area contributed by atoms with E-state index in [1.165, 1.54) is 0 Å². The molecule has 21 heavy (non-hydrogen) atoms. The van der Waals surface area contributed by atoms with Crippen molar-refractivity contribution < 1.29 is 9.53 Å². The lowest BCUT2D eigenvalue weighted by Crippen LogP contribution is -2.02. The lowest BCUT2D eigenvalue weighted by molar-refractivity contribution is 0.112. The standard InChI is InChI=1S/C17H16N2O2/c20-13-15-16-9-4-5-11-19(16)17(18-15)10-6-12-21-14-7-2-1-3-8-14/h1-5,7-9,11,13H,6,10,12H2. The van der Waals surface area contributed by atoms with Crippen LogP contribution in [0, 0.1) is 0 Å². The van der Waals surface area contributed by atoms with Crippen LogP contribution in [0.5, 0.6) is 5.75 Å². The van der Waals surface area contributed by atoms with Gasteiger partial charge in [-0.1, -0.05) is 24.3 Å². The summed E-state index contributed by atoms with van der Waals surface area (Å²) in [6, 6.07) is 15.5. The largest absolute Gasteiger partial charge is 0.494 e. The normalized spacial score (nSPS) is 10.7. The zero-order chi connectivity index (χ0) is 14.5. The Morgan fingerprint density at radius 1 is 1.10 bits per heavy atom. The Morgan fingerprint density at radius 3 is 2.71 bits per heavy atom.